The number of hydrogen-bond acceptors (Lipinski definition) is 4. The Bertz CT molecular complexity index is 550. The van der Waals surface area contributed by atoms with E-state index in [0.29, 0.717) is 28.2 Å². The topological polar surface area (TPSA) is 76.2 Å². The Labute approximate surface area is 129 Å². The second-order valence-corrected chi connectivity index (χ2v) is 7.15. The lowest BCUT2D eigenvalue weighted by molar-refractivity contribution is -0.130. The maximum atomic E-state index is 11.6. The van der Waals surface area contributed by atoms with Crippen LogP contribution in [0.3, 0.4) is 0 Å². The molecule has 3 N–H and O–H groups in total. The summed E-state index contributed by atoms with van der Waals surface area (Å²) < 4.78 is 0. The third-order valence-electron chi connectivity index (χ3n) is 5.04. The van der Waals surface area contributed by atoms with Crippen molar-refractivity contribution >= 4 is 28.0 Å². The van der Waals surface area contributed by atoms with Crippen LogP contribution in [0.2, 0.25) is 0 Å². The molecule has 4 nitrogen and oxygen atoms in total. The van der Waals surface area contributed by atoms with Crippen molar-refractivity contribution in [1.29, 1.82) is 0 Å². The molecule has 2 aliphatic carbocycles. The second kappa shape index (κ2) is 6.18. The van der Waals surface area contributed by atoms with Gasteiger partial charge in [0.05, 0.1) is 11.3 Å². The van der Waals surface area contributed by atoms with Crippen LogP contribution in [0.15, 0.2) is 11.5 Å². The molecule has 3 unspecified atom stereocenters. The summed E-state index contributed by atoms with van der Waals surface area (Å²) >= 11 is 1.30. The number of anilines is 1. The average Bonchev–Trinajstić information content (AvgIpc) is 2.90. The number of fused-ring (bicyclic) bond motifs is 1. The molecular formula is C16H22N2O2S. The summed E-state index contributed by atoms with van der Waals surface area (Å²) in [6.45, 7) is 0. The van der Waals surface area contributed by atoms with Crippen molar-refractivity contribution < 1.29 is 9.90 Å². The Morgan fingerprint density at radius 3 is 2.76 bits per heavy atom. The standard InChI is InChI=1S/C16H22N2O2S/c17-16-18-14(9-21-16)13(15(19)20)8-11-6-3-5-10-4-1-2-7-12(10)11/h8-12H,1-7H2,(H2,17,18)(H,19,20). The van der Waals surface area contributed by atoms with Gasteiger partial charge in [-0.15, -0.1) is 11.3 Å². The molecule has 3 atom stereocenters. The highest BCUT2D eigenvalue weighted by Gasteiger charge is 2.34. The van der Waals surface area contributed by atoms with E-state index in [0.717, 1.165) is 12.3 Å². The summed E-state index contributed by atoms with van der Waals surface area (Å²) in [4.78, 5) is 15.7. The molecule has 0 spiro atoms. The van der Waals surface area contributed by atoms with Gasteiger partial charge in [-0.2, -0.15) is 0 Å². The molecule has 1 aromatic rings. The SMILES string of the molecule is Nc1nc(C(=CC2CCCC3CCCCC23)C(=O)O)cs1. The molecule has 2 aliphatic rings. The monoisotopic (exact) mass is 306 g/mol. The zero-order valence-electron chi connectivity index (χ0n) is 12.1. The molecule has 21 heavy (non-hydrogen) atoms. The number of aromatic nitrogens is 1. The predicted molar refractivity (Wildman–Crippen MR) is 84.9 cm³/mol. The molecule has 1 heterocycles. The van der Waals surface area contributed by atoms with Crippen molar-refractivity contribution in [3.05, 3.63) is 17.2 Å². The first kappa shape index (κ1) is 14.6. The molecule has 2 saturated carbocycles. The van der Waals surface area contributed by atoms with Gasteiger partial charge in [-0.25, -0.2) is 9.78 Å². The summed E-state index contributed by atoms with van der Waals surface area (Å²) in [6, 6.07) is 0. The van der Waals surface area contributed by atoms with Crippen LogP contribution < -0.4 is 5.73 Å². The van der Waals surface area contributed by atoms with Crippen molar-refractivity contribution in [3.63, 3.8) is 0 Å². The Balaban J connectivity index is 1.87. The van der Waals surface area contributed by atoms with E-state index in [1.54, 1.807) is 5.38 Å². The Morgan fingerprint density at radius 1 is 1.29 bits per heavy atom. The van der Waals surface area contributed by atoms with E-state index in [9.17, 15) is 9.90 Å². The molecule has 0 radical (unpaired) electrons. The maximum Gasteiger partial charge on any atom is 0.337 e. The van der Waals surface area contributed by atoms with Crippen LogP contribution in [0.25, 0.3) is 5.57 Å². The molecular weight excluding hydrogens is 284 g/mol. The zero-order valence-corrected chi connectivity index (χ0v) is 12.9. The number of thiazole rings is 1. The number of nitrogens with zero attached hydrogens (tertiary/aromatic N) is 1. The van der Waals surface area contributed by atoms with Gasteiger partial charge >= 0.3 is 5.97 Å². The second-order valence-electron chi connectivity index (χ2n) is 6.26. The lowest BCUT2D eigenvalue weighted by Crippen LogP contribution is -2.30. The normalized spacial score (nSPS) is 29.9. The third kappa shape index (κ3) is 3.12. The summed E-state index contributed by atoms with van der Waals surface area (Å²) in [5, 5.41) is 11.7. The fourth-order valence-corrected chi connectivity index (χ4v) is 4.65. The van der Waals surface area contributed by atoms with Gasteiger partial charge in [0.2, 0.25) is 0 Å². The third-order valence-corrected chi connectivity index (χ3v) is 5.71. The van der Waals surface area contributed by atoms with Crippen LogP contribution in [0.4, 0.5) is 5.13 Å². The average molecular weight is 306 g/mol. The molecule has 0 aliphatic heterocycles. The summed E-state index contributed by atoms with van der Waals surface area (Å²) in [5.74, 6) is 0.957. The van der Waals surface area contributed by atoms with Gasteiger partial charge in [-0.05, 0) is 30.6 Å². The highest BCUT2D eigenvalue weighted by molar-refractivity contribution is 7.13. The van der Waals surface area contributed by atoms with Crippen LogP contribution in [-0.2, 0) is 4.79 Å². The first-order valence-electron chi connectivity index (χ1n) is 7.81. The zero-order chi connectivity index (χ0) is 14.8. The van der Waals surface area contributed by atoms with Crippen molar-refractivity contribution in [1.82, 2.24) is 4.98 Å². The van der Waals surface area contributed by atoms with E-state index in [1.807, 2.05) is 6.08 Å². The number of aliphatic carboxylic acids is 1. The van der Waals surface area contributed by atoms with Crippen LogP contribution in [0.1, 0.15) is 50.6 Å². The van der Waals surface area contributed by atoms with E-state index in [2.05, 4.69) is 4.98 Å². The number of carbonyl (C=O) groups is 1. The van der Waals surface area contributed by atoms with Crippen molar-refractivity contribution in [2.75, 3.05) is 5.73 Å². The lowest BCUT2D eigenvalue weighted by atomic mass is 9.65. The number of carboxylic acids is 1. The molecule has 0 saturated heterocycles. The maximum absolute atomic E-state index is 11.6. The number of nitrogens with two attached hydrogens (primary N) is 1. The molecule has 0 aromatic carbocycles. The smallest absolute Gasteiger partial charge is 0.337 e. The van der Waals surface area contributed by atoms with Crippen LogP contribution >= 0.6 is 11.3 Å². The predicted octanol–water partition coefficient (Wildman–Crippen LogP) is 3.80. The molecule has 0 amide bonds. The molecule has 2 fully saturated rings. The summed E-state index contributed by atoms with van der Waals surface area (Å²) in [7, 11) is 0. The van der Waals surface area contributed by atoms with Gasteiger partial charge in [-0.3, -0.25) is 0 Å². The highest BCUT2D eigenvalue weighted by atomic mass is 32.1. The van der Waals surface area contributed by atoms with Crippen molar-refractivity contribution in [3.8, 4) is 0 Å². The van der Waals surface area contributed by atoms with Gasteiger partial charge < -0.3 is 10.8 Å². The quantitative estimate of drug-likeness (QED) is 0.833. The van der Waals surface area contributed by atoms with E-state index in [1.165, 1.54) is 49.9 Å². The van der Waals surface area contributed by atoms with Crippen molar-refractivity contribution in [2.24, 2.45) is 17.8 Å². The molecule has 1 aromatic heterocycles. The minimum atomic E-state index is -0.891. The number of rotatable bonds is 3. The Kier molecular flexibility index (Phi) is 4.29. The summed E-state index contributed by atoms with van der Waals surface area (Å²) in [6.07, 6.45) is 10.8. The fraction of sp³-hybridized carbons (Fsp3) is 0.625. The van der Waals surface area contributed by atoms with Gasteiger partial charge in [0.1, 0.15) is 0 Å². The number of hydrogen-bond donors (Lipinski definition) is 2. The minimum Gasteiger partial charge on any atom is -0.478 e. The van der Waals surface area contributed by atoms with Crippen molar-refractivity contribution in [2.45, 2.75) is 44.9 Å². The van der Waals surface area contributed by atoms with E-state index < -0.39 is 5.97 Å². The molecule has 0 bridgehead atoms. The fourth-order valence-electron chi connectivity index (χ4n) is 4.09. The van der Waals surface area contributed by atoms with Gasteiger partial charge in [0.15, 0.2) is 5.13 Å². The van der Waals surface area contributed by atoms with Crippen LogP contribution in [0.5, 0.6) is 0 Å². The van der Waals surface area contributed by atoms with Gasteiger partial charge in [0.25, 0.3) is 0 Å². The molecule has 3 rings (SSSR count). The lowest BCUT2D eigenvalue weighted by Gasteiger charge is -2.40. The van der Waals surface area contributed by atoms with E-state index in [4.69, 9.17) is 5.73 Å². The first-order valence-corrected chi connectivity index (χ1v) is 8.69. The molecule has 5 heteroatoms. The van der Waals surface area contributed by atoms with Gasteiger partial charge in [-0.1, -0.05) is 38.2 Å². The van der Waals surface area contributed by atoms with E-state index in [-0.39, 0.29) is 0 Å². The van der Waals surface area contributed by atoms with Crippen LogP contribution in [0, 0.1) is 17.8 Å². The minimum absolute atomic E-state index is 0.333. The molecule has 114 valence electrons. The number of allylic oxidation sites excluding steroid dienone is 1. The first-order chi connectivity index (χ1) is 10.1. The summed E-state index contributed by atoms with van der Waals surface area (Å²) in [5.41, 5.74) is 6.49. The number of nitrogen functional groups attached to an aromatic ring is 1. The van der Waals surface area contributed by atoms with E-state index >= 15 is 0 Å². The Hall–Kier alpha value is -1.36. The largest absolute Gasteiger partial charge is 0.478 e. The van der Waals surface area contributed by atoms with Gasteiger partial charge in [0, 0.05) is 5.38 Å². The Morgan fingerprint density at radius 2 is 2.05 bits per heavy atom. The highest BCUT2D eigenvalue weighted by Crippen LogP contribution is 2.45. The van der Waals surface area contributed by atoms with Crippen LogP contribution in [-0.4, -0.2) is 16.1 Å². The number of carboxylic acid groups (broad SMARTS) is 1.